The van der Waals surface area contributed by atoms with Gasteiger partial charge in [0.05, 0.1) is 33.1 Å². The predicted octanol–water partition coefficient (Wildman–Crippen LogP) is 7.10. The second kappa shape index (κ2) is 6.19. The highest BCUT2D eigenvalue weighted by molar-refractivity contribution is 6.05. The summed E-state index contributed by atoms with van der Waals surface area (Å²) in [6.45, 7) is 6.76. The Hall–Kier alpha value is -4.38. The van der Waals surface area contributed by atoms with Crippen LogP contribution in [0.4, 0.5) is 0 Å². The third kappa shape index (κ3) is 2.37. The van der Waals surface area contributed by atoms with Crippen molar-refractivity contribution in [3.63, 3.8) is 0 Å². The first kappa shape index (κ1) is 19.0. The highest BCUT2D eigenvalue weighted by Gasteiger charge is 2.24. The summed E-state index contributed by atoms with van der Waals surface area (Å²) in [5.41, 5.74) is 11.5. The number of rotatable bonds is 1. The quantitative estimate of drug-likeness (QED) is 0.266. The summed E-state index contributed by atoms with van der Waals surface area (Å²) in [5.74, 6) is 1.80. The minimum Gasteiger partial charge on any atom is -0.276 e. The van der Waals surface area contributed by atoms with E-state index in [4.69, 9.17) is 9.97 Å². The summed E-state index contributed by atoms with van der Waals surface area (Å²) >= 11 is 0. The molecule has 0 radical (unpaired) electrons. The van der Waals surface area contributed by atoms with Gasteiger partial charge in [0.2, 0.25) is 11.6 Å². The van der Waals surface area contributed by atoms with E-state index in [1.165, 1.54) is 16.7 Å². The molecule has 8 aromatic rings. The number of hydrogen-bond donors (Lipinski definition) is 0. The lowest BCUT2D eigenvalue weighted by molar-refractivity contribution is 0.590. The lowest BCUT2D eigenvalue weighted by Gasteiger charge is -2.19. The van der Waals surface area contributed by atoms with Crippen LogP contribution in [0.15, 0.2) is 84.9 Å². The van der Waals surface area contributed by atoms with Gasteiger partial charge in [-0.1, -0.05) is 69.3 Å². The first-order valence-electron chi connectivity index (χ1n) is 12.0. The topological polar surface area (TPSA) is 39.0 Å². The van der Waals surface area contributed by atoms with Crippen LogP contribution < -0.4 is 0 Å². The van der Waals surface area contributed by atoms with Crippen LogP contribution >= 0.6 is 0 Å². The Bertz CT molecular complexity index is 1960. The highest BCUT2D eigenvalue weighted by Crippen LogP contribution is 2.37. The van der Waals surface area contributed by atoms with Gasteiger partial charge in [-0.15, -0.1) is 0 Å². The Morgan fingerprint density at radius 1 is 0.543 bits per heavy atom. The van der Waals surface area contributed by atoms with E-state index in [1.54, 1.807) is 0 Å². The molecule has 5 nitrogen and oxygen atoms in total. The Balaban J connectivity index is 1.56. The largest absolute Gasteiger partial charge is 0.276 e. The Morgan fingerprint density at radius 2 is 1.06 bits per heavy atom. The number of aromatic nitrogens is 5. The van der Waals surface area contributed by atoms with Gasteiger partial charge in [-0.2, -0.15) is 0 Å². The minimum absolute atomic E-state index is 0.125. The molecule has 0 atom stereocenters. The molecule has 0 N–H and O–H groups in total. The number of fused-ring (bicyclic) bond motifs is 10. The van der Waals surface area contributed by atoms with Crippen molar-refractivity contribution in [2.75, 3.05) is 0 Å². The van der Waals surface area contributed by atoms with E-state index in [9.17, 15) is 0 Å². The fourth-order valence-corrected chi connectivity index (χ4v) is 5.59. The van der Waals surface area contributed by atoms with Crippen molar-refractivity contribution in [2.45, 2.75) is 26.2 Å². The fraction of sp³-hybridized carbons (Fsp3) is 0.133. The molecule has 0 aliphatic heterocycles. The van der Waals surface area contributed by atoms with Crippen molar-refractivity contribution in [3.8, 4) is 11.1 Å². The molecule has 0 unspecified atom stereocenters. The van der Waals surface area contributed by atoms with Crippen molar-refractivity contribution in [2.24, 2.45) is 0 Å². The Morgan fingerprint density at radius 3 is 1.57 bits per heavy atom. The SMILES string of the molecule is CC(C)(C)c1ccc(-c2cc3c4c(c2)n2c5ccccc5nc2n4c2nc4ccccc4n32)cc1. The fourth-order valence-electron chi connectivity index (χ4n) is 5.59. The number of benzene rings is 4. The molecule has 0 spiro atoms. The summed E-state index contributed by atoms with van der Waals surface area (Å²) in [4.78, 5) is 10.1. The third-order valence-corrected chi connectivity index (χ3v) is 7.35. The molecule has 0 aliphatic rings. The van der Waals surface area contributed by atoms with Gasteiger partial charge >= 0.3 is 0 Å². The summed E-state index contributed by atoms with van der Waals surface area (Å²) < 4.78 is 6.78. The van der Waals surface area contributed by atoms with E-state index >= 15 is 0 Å². The average molecular weight is 454 g/mol. The van der Waals surface area contributed by atoms with Gasteiger partial charge in [-0.25, -0.2) is 14.4 Å². The van der Waals surface area contributed by atoms with Gasteiger partial charge in [-0.3, -0.25) is 8.80 Å². The average Bonchev–Trinajstić information content (AvgIpc) is 3.57. The van der Waals surface area contributed by atoms with Crippen LogP contribution in [-0.2, 0) is 5.41 Å². The lowest BCUT2D eigenvalue weighted by atomic mass is 9.86. The van der Waals surface area contributed by atoms with Crippen LogP contribution in [0.25, 0.3) is 61.3 Å². The van der Waals surface area contributed by atoms with E-state index in [2.05, 4.69) is 107 Å². The molecule has 0 aliphatic carbocycles. The highest BCUT2D eigenvalue weighted by atomic mass is 15.3. The molecule has 5 heteroatoms. The molecule has 8 rings (SSSR count). The molecule has 4 aromatic carbocycles. The van der Waals surface area contributed by atoms with Gasteiger partial charge in [-0.05, 0) is 58.5 Å². The smallest absolute Gasteiger partial charge is 0.223 e. The van der Waals surface area contributed by atoms with Crippen LogP contribution in [0.5, 0.6) is 0 Å². The minimum atomic E-state index is 0.125. The normalized spacial score (nSPS) is 13.0. The predicted molar refractivity (Wildman–Crippen MR) is 143 cm³/mol. The van der Waals surface area contributed by atoms with Crippen molar-refractivity contribution >= 4 is 50.2 Å². The van der Waals surface area contributed by atoms with Crippen LogP contribution in [0, 0.1) is 0 Å². The second-order valence-electron chi connectivity index (χ2n) is 10.5. The molecule has 35 heavy (non-hydrogen) atoms. The molecule has 168 valence electrons. The van der Waals surface area contributed by atoms with E-state index < -0.39 is 0 Å². The lowest BCUT2D eigenvalue weighted by Crippen LogP contribution is -2.10. The molecule has 0 fully saturated rings. The molecule has 4 heterocycles. The van der Waals surface area contributed by atoms with Crippen LogP contribution in [0.1, 0.15) is 26.3 Å². The van der Waals surface area contributed by atoms with Crippen molar-refractivity contribution in [1.29, 1.82) is 0 Å². The number of hydrogen-bond acceptors (Lipinski definition) is 2. The molecular weight excluding hydrogens is 430 g/mol. The maximum absolute atomic E-state index is 5.04. The number of para-hydroxylation sites is 4. The standard InChI is InChI=1S/C30H23N5/c1-30(2,3)20-14-12-18(13-15-20)19-16-25-27-26(17-19)34-24-11-7-5-9-22(24)32-29(34)35(27)28-31-21-8-4-6-10-23(21)33(25)28/h4-17H,1-3H3. The van der Waals surface area contributed by atoms with E-state index in [0.29, 0.717) is 0 Å². The molecule has 0 saturated heterocycles. The summed E-state index contributed by atoms with van der Waals surface area (Å²) in [7, 11) is 0. The molecular formula is C30H23N5. The molecule has 0 bridgehead atoms. The van der Waals surface area contributed by atoms with E-state index in [0.717, 1.165) is 50.2 Å². The summed E-state index contributed by atoms with van der Waals surface area (Å²) in [5, 5.41) is 0. The summed E-state index contributed by atoms with van der Waals surface area (Å²) in [6.07, 6.45) is 0. The maximum Gasteiger partial charge on any atom is 0.223 e. The first-order chi connectivity index (χ1) is 17.0. The van der Waals surface area contributed by atoms with E-state index in [1.807, 2.05) is 12.1 Å². The number of imidazole rings is 4. The third-order valence-electron chi connectivity index (χ3n) is 7.35. The van der Waals surface area contributed by atoms with Crippen molar-refractivity contribution in [3.05, 3.63) is 90.5 Å². The van der Waals surface area contributed by atoms with Crippen molar-refractivity contribution in [1.82, 2.24) is 23.2 Å². The van der Waals surface area contributed by atoms with Gasteiger partial charge in [0, 0.05) is 0 Å². The van der Waals surface area contributed by atoms with Crippen LogP contribution in [0.2, 0.25) is 0 Å². The zero-order valence-corrected chi connectivity index (χ0v) is 19.8. The van der Waals surface area contributed by atoms with Gasteiger partial charge in [0.15, 0.2) is 0 Å². The maximum atomic E-state index is 5.04. The molecule has 4 aromatic heterocycles. The number of nitrogens with zero attached hydrogens (tertiary/aromatic N) is 5. The zero-order valence-electron chi connectivity index (χ0n) is 19.8. The Labute approximate surface area is 201 Å². The van der Waals surface area contributed by atoms with Gasteiger partial charge < -0.3 is 0 Å². The monoisotopic (exact) mass is 453 g/mol. The van der Waals surface area contributed by atoms with Crippen molar-refractivity contribution < 1.29 is 0 Å². The van der Waals surface area contributed by atoms with E-state index in [-0.39, 0.29) is 5.41 Å². The van der Waals surface area contributed by atoms with Gasteiger partial charge in [0.25, 0.3) is 0 Å². The van der Waals surface area contributed by atoms with Crippen LogP contribution in [0.3, 0.4) is 0 Å². The molecule has 0 amide bonds. The Kier molecular flexibility index (Phi) is 3.36. The second-order valence-corrected chi connectivity index (χ2v) is 10.5. The van der Waals surface area contributed by atoms with Crippen LogP contribution in [-0.4, -0.2) is 23.2 Å². The molecule has 0 saturated carbocycles. The van der Waals surface area contributed by atoms with Gasteiger partial charge in [0.1, 0.15) is 5.52 Å². The summed E-state index contributed by atoms with van der Waals surface area (Å²) in [6, 6.07) is 30.3. The first-order valence-corrected chi connectivity index (χ1v) is 12.0. The zero-order chi connectivity index (χ0) is 23.5.